The summed E-state index contributed by atoms with van der Waals surface area (Å²) in [6.45, 7) is 3.81. The predicted molar refractivity (Wildman–Crippen MR) is 93.0 cm³/mol. The van der Waals surface area contributed by atoms with Gasteiger partial charge in [0.05, 0.1) is 35.3 Å². The summed E-state index contributed by atoms with van der Waals surface area (Å²) in [4.78, 5) is 12.4. The lowest BCUT2D eigenvalue weighted by molar-refractivity contribution is -0.119. The highest BCUT2D eigenvalue weighted by Gasteiger charge is 2.19. The van der Waals surface area contributed by atoms with Gasteiger partial charge in [-0.25, -0.2) is 4.39 Å². The molecule has 0 aliphatic carbocycles. The number of carbonyl (C=O) groups excluding carboxylic acids is 1. The molecule has 0 aliphatic rings. The van der Waals surface area contributed by atoms with Gasteiger partial charge in [-0.05, 0) is 19.9 Å². The molecule has 0 radical (unpaired) electrons. The molecule has 1 amide bonds. The van der Waals surface area contributed by atoms with Crippen LogP contribution < -0.4 is 5.32 Å². The van der Waals surface area contributed by atoms with Gasteiger partial charge in [-0.3, -0.25) is 14.2 Å². The minimum Gasteiger partial charge on any atom is -0.322 e. The van der Waals surface area contributed by atoms with Crippen molar-refractivity contribution in [3.8, 4) is 0 Å². The van der Waals surface area contributed by atoms with Crippen LogP contribution in [0.5, 0.6) is 0 Å². The highest BCUT2D eigenvalue weighted by atomic mass is 35.5. The zero-order valence-electron chi connectivity index (χ0n) is 13.8. The fraction of sp³-hybridized carbons (Fsp3) is 0.235. The van der Waals surface area contributed by atoms with E-state index in [-0.39, 0.29) is 18.3 Å². The second kappa shape index (κ2) is 7.06. The van der Waals surface area contributed by atoms with E-state index in [1.165, 1.54) is 18.5 Å². The summed E-state index contributed by atoms with van der Waals surface area (Å²) in [7, 11) is 0. The Morgan fingerprint density at radius 1 is 1.32 bits per heavy atom. The van der Waals surface area contributed by atoms with Gasteiger partial charge in [0.1, 0.15) is 11.9 Å². The number of aromatic nitrogens is 4. The lowest BCUT2D eigenvalue weighted by Crippen LogP contribution is -2.25. The van der Waals surface area contributed by atoms with Crippen molar-refractivity contribution in [3.63, 3.8) is 0 Å². The maximum absolute atomic E-state index is 13.7. The Balaban J connectivity index is 1.68. The molecule has 0 bridgehead atoms. The molecule has 25 heavy (non-hydrogen) atoms. The van der Waals surface area contributed by atoms with Crippen molar-refractivity contribution in [2.45, 2.75) is 26.4 Å². The first-order valence-electron chi connectivity index (χ1n) is 7.72. The van der Waals surface area contributed by atoms with E-state index in [9.17, 15) is 9.18 Å². The van der Waals surface area contributed by atoms with Crippen LogP contribution in [-0.4, -0.2) is 25.5 Å². The smallest absolute Gasteiger partial charge is 0.249 e. The molecule has 2 aromatic heterocycles. The fourth-order valence-corrected chi connectivity index (χ4v) is 2.60. The molecule has 0 spiro atoms. The molecule has 0 aliphatic heterocycles. The number of hydrogen-bond acceptors (Lipinski definition) is 3. The lowest BCUT2D eigenvalue weighted by Gasteiger charge is -2.13. The Labute approximate surface area is 149 Å². The first kappa shape index (κ1) is 17.2. The number of benzene rings is 1. The van der Waals surface area contributed by atoms with Crippen LogP contribution in [0.1, 0.15) is 24.2 Å². The van der Waals surface area contributed by atoms with Gasteiger partial charge in [0.25, 0.3) is 0 Å². The molecule has 1 atom stereocenters. The predicted octanol–water partition coefficient (Wildman–Crippen LogP) is 3.43. The molecule has 8 heteroatoms. The monoisotopic (exact) mass is 361 g/mol. The van der Waals surface area contributed by atoms with Gasteiger partial charge in [-0.1, -0.05) is 29.8 Å². The summed E-state index contributed by atoms with van der Waals surface area (Å²) < 4.78 is 16.8. The number of nitrogens with one attached hydrogen (secondary N) is 1. The maximum Gasteiger partial charge on any atom is 0.249 e. The molecule has 3 rings (SSSR count). The number of rotatable bonds is 5. The van der Waals surface area contributed by atoms with Crippen molar-refractivity contribution in [3.05, 3.63) is 65.0 Å². The molecule has 6 nitrogen and oxygen atoms in total. The van der Waals surface area contributed by atoms with Crippen molar-refractivity contribution in [1.82, 2.24) is 19.6 Å². The lowest BCUT2D eigenvalue weighted by atomic mass is 10.2. The highest BCUT2D eigenvalue weighted by molar-refractivity contribution is 6.31. The maximum atomic E-state index is 13.7. The van der Waals surface area contributed by atoms with E-state index >= 15 is 0 Å². The highest BCUT2D eigenvalue weighted by Crippen LogP contribution is 2.19. The van der Waals surface area contributed by atoms with E-state index in [1.54, 1.807) is 47.6 Å². The zero-order valence-corrected chi connectivity index (χ0v) is 14.5. The van der Waals surface area contributed by atoms with Crippen LogP contribution in [0.25, 0.3) is 0 Å². The molecule has 0 fully saturated rings. The summed E-state index contributed by atoms with van der Waals surface area (Å²) in [6.07, 6.45) is 4.68. The van der Waals surface area contributed by atoms with Gasteiger partial charge in [0.15, 0.2) is 0 Å². The molecule has 3 aromatic rings. The molecule has 1 N–H and O–H groups in total. The van der Waals surface area contributed by atoms with Crippen molar-refractivity contribution >= 4 is 23.2 Å². The number of carbonyl (C=O) groups is 1. The van der Waals surface area contributed by atoms with Gasteiger partial charge >= 0.3 is 0 Å². The summed E-state index contributed by atoms with van der Waals surface area (Å²) in [5.41, 5.74) is 1.78. The van der Waals surface area contributed by atoms with Crippen LogP contribution in [0, 0.1) is 12.7 Å². The van der Waals surface area contributed by atoms with Gasteiger partial charge in [-0.15, -0.1) is 0 Å². The number of hydrogen-bond donors (Lipinski definition) is 1. The second-order valence-electron chi connectivity index (χ2n) is 5.71. The minimum atomic E-state index is -0.526. The summed E-state index contributed by atoms with van der Waals surface area (Å²) in [6, 6.07) is 5.98. The van der Waals surface area contributed by atoms with Gasteiger partial charge in [0.2, 0.25) is 5.91 Å². The third-order valence-electron chi connectivity index (χ3n) is 3.92. The van der Waals surface area contributed by atoms with E-state index in [4.69, 9.17) is 11.6 Å². The van der Waals surface area contributed by atoms with Crippen LogP contribution in [0.2, 0.25) is 5.02 Å². The summed E-state index contributed by atoms with van der Waals surface area (Å²) in [5, 5.41) is 11.6. The average molecular weight is 362 g/mol. The van der Waals surface area contributed by atoms with Gasteiger partial charge in [-0.2, -0.15) is 10.2 Å². The first-order chi connectivity index (χ1) is 12.0. The van der Waals surface area contributed by atoms with E-state index < -0.39 is 6.04 Å². The standard InChI is InChI=1S/C17H17ClFN5O/c1-11-15(18)8-21-24(11)12(2)17(25)22-14-7-20-23(10-14)9-13-5-3-4-6-16(13)19/h3-8,10,12H,9H2,1-2H3,(H,22,25). The molecule has 2 heterocycles. The molecular formula is C17H17ClFN5O. The van der Waals surface area contributed by atoms with Crippen LogP contribution in [-0.2, 0) is 11.3 Å². The second-order valence-corrected chi connectivity index (χ2v) is 6.11. The van der Waals surface area contributed by atoms with Crippen molar-refractivity contribution in [2.24, 2.45) is 0 Å². The van der Waals surface area contributed by atoms with Gasteiger partial charge in [0, 0.05) is 11.8 Å². The Morgan fingerprint density at radius 3 is 2.76 bits per heavy atom. The molecule has 0 saturated heterocycles. The summed E-state index contributed by atoms with van der Waals surface area (Å²) >= 11 is 5.97. The van der Waals surface area contributed by atoms with Crippen molar-refractivity contribution in [1.29, 1.82) is 0 Å². The molecule has 1 aromatic carbocycles. The van der Waals surface area contributed by atoms with Crippen molar-refractivity contribution < 1.29 is 9.18 Å². The zero-order chi connectivity index (χ0) is 18.0. The third-order valence-corrected chi connectivity index (χ3v) is 4.29. The minimum absolute atomic E-state index is 0.242. The topological polar surface area (TPSA) is 64.7 Å². The number of nitrogens with zero attached hydrogens (tertiary/aromatic N) is 4. The Hall–Kier alpha value is -2.67. The molecule has 1 unspecified atom stereocenters. The number of amides is 1. The summed E-state index contributed by atoms with van der Waals surface area (Å²) in [5.74, 6) is -0.531. The quantitative estimate of drug-likeness (QED) is 0.757. The molecule has 130 valence electrons. The fourth-order valence-electron chi connectivity index (χ4n) is 2.47. The van der Waals surface area contributed by atoms with E-state index in [2.05, 4.69) is 15.5 Å². The van der Waals surface area contributed by atoms with Crippen LogP contribution in [0.4, 0.5) is 10.1 Å². The normalized spacial score (nSPS) is 12.2. The molecule has 0 saturated carbocycles. The van der Waals surface area contributed by atoms with Crippen molar-refractivity contribution in [2.75, 3.05) is 5.32 Å². The van der Waals surface area contributed by atoms with Crippen LogP contribution in [0.15, 0.2) is 42.9 Å². The van der Waals surface area contributed by atoms with Crippen LogP contribution in [0.3, 0.4) is 0 Å². The SMILES string of the molecule is Cc1c(Cl)cnn1C(C)C(=O)Nc1cnn(Cc2ccccc2F)c1. The first-order valence-corrected chi connectivity index (χ1v) is 8.10. The van der Waals surface area contributed by atoms with Gasteiger partial charge < -0.3 is 5.32 Å². The molecular weight excluding hydrogens is 345 g/mol. The third kappa shape index (κ3) is 3.71. The number of anilines is 1. The van der Waals surface area contributed by atoms with E-state index in [0.29, 0.717) is 16.3 Å². The van der Waals surface area contributed by atoms with E-state index in [1.807, 2.05) is 0 Å². The Kier molecular flexibility index (Phi) is 4.85. The Bertz CT molecular complexity index is 904. The average Bonchev–Trinajstić information content (AvgIpc) is 3.16. The largest absolute Gasteiger partial charge is 0.322 e. The van der Waals surface area contributed by atoms with E-state index in [0.717, 1.165) is 5.69 Å². The number of halogens is 2. The van der Waals surface area contributed by atoms with Crippen LogP contribution >= 0.6 is 11.6 Å². The Morgan fingerprint density at radius 2 is 2.08 bits per heavy atom.